The molecule has 0 fully saturated rings. The Morgan fingerprint density at radius 1 is 1.26 bits per heavy atom. The van der Waals surface area contributed by atoms with Crippen LogP contribution in [0, 0.1) is 5.82 Å². The number of carbonyl (C=O) groups excluding carboxylic acids is 1. The van der Waals surface area contributed by atoms with Gasteiger partial charge in [0.25, 0.3) is 0 Å². The number of carbonyl (C=O) groups is 1. The Kier molecular flexibility index (Phi) is 5.48. The summed E-state index contributed by atoms with van der Waals surface area (Å²) in [4.78, 5) is 11.8. The standard InChI is InChI=1S/C15H23FN2O/c1-11(14(19)18-15(2,3)4)17-10-9-12-5-7-13(16)8-6-12/h5-8,11,17H,9-10H2,1-4H3,(H,18,19). The predicted octanol–water partition coefficient (Wildman–Crippen LogP) is 2.26. The quantitative estimate of drug-likeness (QED) is 0.858. The molecule has 0 spiro atoms. The second-order valence-electron chi connectivity index (χ2n) is 5.79. The van der Waals surface area contributed by atoms with E-state index < -0.39 is 0 Å². The van der Waals surface area contributed by atoms with Gasteiger partial charge in [-0.2, -0.15) is 0 Å². The number of halogens is 1. The van der Waals surface area contributed by atoms with E-state index in [1.54, 1.807) is 12.1 Å². The Hall–Kier alpha value is -1.42. The van der Waals surface area contributed by atoms with Gasteiger partial charge in [-0.3, -0.25) is 4.79 Å². The van der Waals surface area contributed by atoms with E-state index in [0.29, 0.717) is 6.54 Å². The van der Waals surface area contributed by atoms with Gasteiger partial charge < -0.3 is 10.6 Å². The number of hydrogen-bond donors (Lipinski definition) is 2. The summed E-state index contributed by atoms with van der Waals surface area (Å²) in [6, 6.07) is 6.18. The third-order valence-corrected chi connectivity index (χ3v) is 2.67. The molecule has 0 aliphatic carbocycles. The molecule has 3 nitrogen and oxygen atoms in total. The molecule has 0 saturated heterocycles. The Morgan fingerprint density at radius 3 is 2.37 bits per heavy atom. The van der Waals surface area contributed by atoms with Crippen LogP contribution in [0.4, 0.5) is 4.39 Å². The van der Waals surface area contributed by atoms with Crippen molar-refractivity contribution in [2.24, 2.45) is 0 Å². The molecule has 1 aromatic rings. The Bertz CT molecular complexity index is 409. The van der Waals surface area contributed by atoms with E-state index >= 15 is 0 Å². The van der Waals surface area contributed by atoms with Gasteiger partial charge in [-0.15, -0.1) is 0 Å². The molecule has 0 bridgehead atoms. The molecule has 1 rings (SSSR count). The van der Waals surface area contributed by atoms with Gasteiger partial charge in [0.15, 0.2) is 0 Å². The SMILES string of the molecule is CC(NCCc1ccc(F)cc1)C(=O)NC(C)(C)C. The van der Waals surface area contributed by atoms with Gasteiger partial charge in [0.2, 0.25) is 5.91 Å². The van der Waals surface area contributed by atoms with Crippen LogP contribution in [-0.4, -0.2) is 24.0 Å². The third-order valence-electron chi connectivity index (χ3n) is 2.67. The smallest absolute Gasteiger partial charge is 0.237 e. The number of nitrogens with one attached hydrogen (secondary N) is 2. The first kappa shape index (κ1) is 15.6. The summed E-state index contributed by atoms with van der Waals surface area (Å²) < 4.78 is 12.7. The molecule has 0 radical (unpaired) electrons. The molecular weight excluding hydrogens is 243 g/mol. The van der Waals surface area contributed by atoms with E-state index in [1.165, 1.54) is 12.1 Å². The average molecular weight is 266 g/mol. The van der Waals surface area contributed by atoms with E-state index in [1.807, 2.05) is 27.7 Å². The zero-order chi connectivity index (χ0) is 14.5. The van der Waals surface area contributed by atoms with Crippen LogP contribution in [0.15, 0.2) is 24.3 Å². The van der Waals surface area contributed by atoms with E-state index in [4.69, 9.17) is 0 Å². The lowest BCUT2D eigenvalue weighted by Gasteiger charge is -2.23. The number of benzene rings is 1. The summed E-state index contributed by atoms with van der Waals surface area (Å²) in [5, 5.41) is 6.09. The van der Waals surface area contributed by atoms with Crippen LogP contribution in [0.3, 0.4) is 0 Å². The molecule has 0 aliphatic rings. The van der Waals surface area contributed by atoms with Gasteiger partial charge in [-0.05, 0) is 58.4 Å². The molecule has 1 unspecified atom stereocenters. The van der Waals surface area contributed by atoms with Crippen molar-refractivity contribution in [1.29, 1.82) is 0 Å². The van der Waals surface area contributed by atoms with Gasteiger partial charge in [0.1, 0.15) is 5.82 Å². The monoisotopic (exact) mass is 266 g/mol. The van der Waals surface area contributed by atoms with Gasteiger partial charge >= 0.3 is 0 Å². The van der Waals surface area contributed by atoms with E-state index in [9.17, 15) is 9.18 Å². The summed E-state index contributed by atoms with van der Waals surface area (Å²) >= 11 is 0. The molecule has 2 N–H and O–H groups in total. The highest BCUT2D eigenvalue weighted by Gasteiger charge is 2.18. The van der Waals surface area contributed by atoms with Crippen molar-refractivity contribution in [3.63, 3.8) is 0 Å². The van der Waals surface area contributed by atoms with Crippen LogP contribution in [0.1, 0.15) is 33.3 Å². The van der Waals surface area contributed by atoms with Gasteiger partial charge in [0, 0.05) is 5.54 Å². The minimum absolute atomic E-state index is 0.00777. The highest BCUT2D eigenvalue weighted by Crippen LogP contribution is 2.03. The highest BCUT2D eigenvalue weighted by atomic mass is 19.1. The number of amides is 1. The van der Waals surface area contributed by atoms with Crippen molar-refractivity contribution < 1.29 is 9.18 Å². The summed E-state index contributed by atoms with van der Waals surface area (Å²) in [6.45, 7) is 8.39. The van der Waals surface area contributed by atoms with Crippen LogP contribution in [0.2, 0.25) is 0 Å². The molecule has 4 heteroatoms. The number of hydrogen-bond acceptors (Lipinski definition) is 2. The Morgan fingerprint density at radius 2 is 1.84 bits per heavy atom. The molecule has 19 heavy (non-hydrogen) atoms. The lowest BCUT2D eigenvalue weighted by atomic mass is 10.1. The van der Waals surface area contributed by atoms with E-state index in [0.717, 1.165) is 12.0 Å². The second kappa shape index (κ2) is 6.66. The number of rotatable bonds is 5. The van der Waals surface area contributed by atoms with Gasteiger partial charge in [-0.25, -0.2) is 4.39 Å². The first-order valence-corrected chi connectivity index (χ1v) is 6.58. The van der Waals surface area contributed by atoms with Crippen LogP contribution in [-0.2, 0) is 11.2 Å². The van der Waals surface area contributed by atoms with Crippen LogP contribution < -0.4 is 10.6 Å². The topological polar surface area (TPSA) is 41.1 Å². The Labute approximate surface area is 114 Å². The summed E-state index contributed by atoms with van der Waals surface area (Å²) in [7, 11) is 0. The van der Waals surface area contributed by atoms with E-state index in [2.05, 4.69) is 10.6 Å². The lowest BCUT2D eigenvalue weighted by Crippen LogP contribution is -2.49. The summed E-state index contributed by atoms with van der Waals surface area (Å²) in [5.74, 6) is -0.235. The van der Waals surface area contributed by atoms with Crippen LogP contribution in [0.25, 0.3) is 0 Å². The molecule has 106 valence electrons. The molecular formula is C15H23FN2O. The maximum absolute atomic E-state index is 12.7. The third kappa shape index (κ3) is 6.34. The van der Waals surface area contributed by atoms with Crippen molar-refractivity contribution in [1.82, 2.24) is 10.6 Å². The molecule has 0 aromatic heterocycles. The fourth-order valence-electron chi connectivity index (χ4n) is 1.65. The minimum Gasteiger partial charge on any atom is -0.350 e. The lowest BCUT2D eigenvalue weighted by molar-refractivity contribution is -0.124. The van der Waals surface area contributed by atoms with Gasteiger partial charge in [0.05, 0.1) is 6.04 Å². The average Bonchev–Trinajstić information content (AvgIpc) is 2.29. The highest BCUT2D eigenvalue weighted by molar-refractivity contribution is 5.81. The van der Waals surface area contributed by atoms with Crippen LogP contribution >= 0.6 is 0 Å². The second-order valence-corrected chi connectivity index (χ2v) is 5.79. The first-order valence-electron chi connectivity index (χ1n) is 6.58. The summed E-state index contributed by atoms with van der Waals surface area (Å²) in [5.41, 5.74) is 0.835. The van der Waals surface area contributed by atoms with Gasteiger partial charge in [-0.1, -0.05) is 12.1 Å². The molecule has 0 heterocycles. The predicted molar refractivity (Wildman–Crippen MR) is 75.5 cm³/mol. The summed E-state index contributed by atoms with van der Waals surface area (Å²) in [6.07, 6.45) is 0.771. The molecule has 1 aromatic carbocycles. The zero-order valence-electron chi connectivity index (χ0n) is 12.1. The van der Waals surface area contributed by atoms with Crippen molar-refractivity contribution in [3.8, 4) is 0 Å². The van der Waals surface area contributed by atoms with Crippen molar-refractivity contribution in [2.45, 2.75) is 45.7 Å². The molecule has 1 atom stereocenters. The zero-order valence-corrected chi connectivity index (χ0v) is 12.1. The largest absolute Gasteiger partial charge is 0.350 e. The fraction of sp³-hybridized carbons (Fsp3) is 0.533. The van der Waals surface area contributed by atoms with Crippen LogP contribution in [0.5, 0.6) is 0 Å². The van der Waals surface area contributed by atoms with Crippen molar-refractivity contribution >= 4 is 5.91 Å². The minimum atomic E-state index is -0.236. The van der Waals surface area contributed by atoms with Crippen molar-refractivity contribution in [3.05, 3.63) is 35.6 Å². The fourth-order valence-corrected chi connectivity index (χ4v) is 1.65. The first-order chi connectivity index (χ1) is 8.78. The maximum Gasteiger partial charge on any atom is 0.237 e. The Balaban J connectivity index is 2.32. The van der Waals surface area contributed by atoms with Crippen molar-refractivity contribution in [2.75, 3.05) is 6.54 Å². The van der Waals surface area contributed by atoms with E-state index in [-0.39, 0.29) is 23.3 Å². The maximum atomic E-state index is 12.7. The molecule has 1 amide bonds. The molecule has 0 aliphatic heterocycles. The normalized spacial score (nSPS) is 13.1. The molecule has 0 saturated carbocycles.